The summed E-state index contributed by atoms with van der Waals surface area (Å²) in [5, 5.41) is 34.1. The van der Waals surface area contributed by atoms with Gasteiger partial charge in [0.25, 0.3) is 0 Å². The number of imidazole rings is 1. The van der Waals surface area contributed by atoms with Crippen molar-refractivity contribution in [1.29, 1.82) is 0 Å². The number of aromatic nitrogens is 2. The fraction of sp³-hybridized carbons (Fsp3) is 0.789. The number of fused-ring (bicyclic) bond motifs is 1. The fourth-order valence-electron chi connectivity index (χ4n) is 4.03. The van der Waals surface area contributed by atoms with Gasteiger partial charge in [0.1, 0.15) is 17.6 Å². The lowest BCUT2D eigenvalue weighted by Gasteiger charge is -2.32. The highest BCUT2D eigenvalue weighted by molar-refractivity contribution is 5.78. The predicted octanol–water partition coefficient (Wildman–Crippen LogP) is 1.37. The van der Waals surface area contributed by atoms with E-state index in [4.69, 9.17) is 0 Å². The third-order valence-electron chi connectivity index (χ3n) is 5.91. The first kappa shape index (κ1) is 20.3. The monoisotopic (exact) mass is 379 g/mol. The van der Waals surface area contributed by atoms with E-state index in [2.05, 4.69) is 34.0 Å². The first-order chi connectivity index (χ1) is 13.0. The molecule has 0 amide bonds. The number of hydrogen-bond donors (Lipinski definition) is 4. The van der Waals surface area contributed by atoms with Crippen LogP contribution in [0.3, 0.4) is 0 Å². The summed E-state index contributed by atoms with van der Waals surface area (Å²) >= 11 is 0. The van der Waals surface area contributed by atoms with Gasteiger partial charge in [0.05, 0.1) is 24.8 Å². The second-order valence-corrected chi connectivity index (χ2v) is 7.72. The van der Waals surface area contributed by atoms with Gasteiger partial charge in [0.15, 0.2) is 6.17 Å². The van der Waals surface area contributed by atoms with Gasteiger partial charge in [0.2, 0.25) is 0 Å². The summed E-state index contributed by atoms with van der Waals surface area (Å²) in [7, 11) is 0. The zero-order valence-electron chi connectivity index (χ0n) is 16.5. The van der Waals surface area contributed by atoms with Gasteiger partial charge in [-0.2, -0.15) is 0 Å². The third-order valence-corrected chi connectivity index (χ3v) is 5.91. The first-order valence-electron chi connectivity index (χ1n) is 10.1. The molecule has 0 saturated heterocycles. The van der Waals surface area contributed by atoms with Crippen LogP contribution in [0.5, 0.6) is 0 Å². The van der Waals surface area contributed by atoms with Gasteiger partial charge in [-0.15, -0.1) is 0 Å². The molecule has 1 saturated carbocycles. The Morgan fingerprint density at radius 1 is 1.30 bits per heavy atom. The molecule has 0 bridgehead atoms. The standard InChI is InChI=1S/C19H33N5O3/c1-4-8-23(5-2)18-15-19(21-10-20-18)24(11-22-15)12(3)16(26)17(27)14(9-25)13-6-7-13/h10-14,16-18,25-27H,4-9H2,1-3H3,(H,20,21). The molecule has 2 aliphatic rings. The van der Waals surface area contributed by atoms with Crippen molar-refractivity contribution >= 4 is 12.2 Å². The number of nitrogens with zero attached hydrogens (tertiary/aromatic N) is 4. The van der Waals surface area contributed by atoms with Gasteiger partial charge in [0, 0.05) is 19.1 Å². The van der Waals surface area contributed by atoms with Crippen LogP contribution < -0.4 is 5.32 Å². The third kappa shape index (κ3) is 4.03. The van der Waals surface area contributed by atoms with E-state index in [9.17, 15) is 15.3 Å². The minimum atomic E-state index is -0.988. The van der Waals surface area contributed by atoms with Crippen LogP contribution in [0.15, 0.2) is 11.3 Å². The molecule has 4 N–H and O–H groups in total. The van der Waals surface area contributed by atoms with Crippen molar-refractivity contribution in [2.24, 2.45) is 16.8 Å². The van der Waals surface area contributed by atoms with E-state index in [0.717, 1.165) is 43.9 Å². The highest BCUT2D eigenvalue weighted by Crippen LogP contribution is 2.40. The maximum atomic E-state index is 10.8. The van der Waals surface area contributed by atoms with Gasteiger partial charge in [-0.25, -0.2) is 9.98 Å². The molecule has 5 atom stereocenters. The summed E-state index contributed by atoms with van der Waals surface area (Å²) in [4.78, 5) is 11.4. The Labute approximate surface area is 160 Å². The Hall–Kier alpha value is -1.48. The number of nitrogens with one attached hydrogen (secondary N) is 1. The molecule has 8 nitrogen and oxygen atoms in total. The van der Waals surface area contributed by atoms with Gasteiger partial charge in [-0.05, 0) is 38.6 Å². The molecule has 8 heteroatoms. The van der Waals surface area contributed by atoms with Crippen LogP contribution in [0.1, 0.15) is 57.9 Å². The topological polar surface area (TPSA) is 106 Å². The van der Waals surface area contributed by atoms with E-state index in [1.807, 2.05) is 11.5 Å². The summed E-state index contributed by atoms with van der Waals surface area (Å²) in [5.41, 5.74) is 0.835. The molecule has 152 valence electrons. The summed E-state index contributed by atoms with van der Waals surface area (Å²) in [6, 6.07) is -0.384. The molecule has 27 heavy (non-hydrogen) atoms. The van der Waals surface area contributed by atoms with Crippen LogP contribution in [-0.4, -0.2) is 68.0 Å². The number of rotatable bonds is 10. The molecule has 0 spiro atoms. The van der Waals surface area contributed by atoms with E-state index >= 15 is 0 Å². The number of aliphatic hydroxyl groups excluding tert-OH is 3. The maximum absolute atomic E-state index is 10.8. The number of aliphatic imine (C=N–C) groups is 1. The lowest BCUT2D eigenvalue weighted by Crippen LogP contribution is -2.41. The van der Waals surface area contributed by atoms with E-state index in [0.29, 0.717) is 5.92 Å². The van der Waals surface area contributed by atoms with Crippen LogP contribution in [0.25, 0.3) is 0 Å². The van der Waals surface area contributed by atoms with Crippen molar-refractivity contribution in [2.45, 2.75) is 64.4 Å². The van der Waals surface area contributed by atoms with Crippen LogP contribution in [0, 0.1) is 11.8 Å². The van der Waals surface area contributed by atoms with Crippen LogP contribution in [-0.2, 0) is 0 Å². The van der Waals surface area contributed by atoms with Crippen molar-refractivity contribution in [3.63, 3.8) is 0 Å². The molecule has 0 aromatic carbocycles. The molecule has 0 radical (unpaired) electrons. The Kier molecular flexibility index (Phi) is 6.52. The predicted molar refractivity (Wildman–Crippen MR) is 105 cm³/mol. The van der Waals surface area contributed by atoms with Gasteiger partial charge in [-0.3, -0.25) is 4.90 Å². The molecule has 3 rings (SSSR count). The average Bonchev–Trinajstić information content (AvgIpc) is 3.42. The summed E-state index contributed by atoms with van der Waals surface area (Å²) < 4.78 is 1.86. The highest BCUT2D eigenvalue weighted by atomic mass is 16.3. The molecule has 2 heterocycles. The molecule has 1 aromatic rings. The van der Waals surface area contributed by atoms with E-state index in [1.165, 1.54) is 0 Å². The first-order valence-corrected chi connectivity index (χ1v) is 10.1. The van der Waals surface area contributed by atoms with Crippen molar-refractivity contribution < 1.29 is 15.3 Å². The van der Waals surface area contributed by atoms with Gasteiger partial charge >= 0.3 is 0 Å². The van der Waals surface area contributed by atoms with Crippen molar-refractivity contribution in [2.75, 3.05) is 25.0 Å². The Bertz CT molecular complexity index is 645. The molecule has 1 aliphatic heterocycles. The fourth-order valence-corrected chi connectivity index (χ4v) is 4.03. The Balaban J connectivity index is 1.79. The molecule has 1 aromatic heterocycles. The molecular formula is C19H33N5O3. The van der Waals surface area contributed by atoms with Crippen LogP contribution in [0.4, 0.5) is 5.82 Å². The summed E-state index contributed by atoms with van der Waals surface area (Å²) in [6.07, 6.45) is 4.34. The Morgan fingerprint density at radius 3 is 2.63 bits per heavy atom. The van der Waals surface area contributed by atoms with Crippen molar-refractivity contribution in [3.8, 4) is 0 Å². The molecule has 5 unspecified atom stereocenters. The van der Waals surface area contributed by atoms with Crippen LogP contribution in [0.2, 0.25) is 0 Å². The van der Waals surface area contributed by atoms with Crippen molar-refractivity contribution in [1.82, 2.24) is 14.5 Å². The molecule has 1 aliphatic carbocycles. The zero-order valence-corrected chi connectivity index (χ0v) is 16.5. The lowest BCUT2D eigenvalue weighted by atomic mass is 9.91. The average molecular weight is 380 g/mol. The second kappa shape index (κ2) is 8.68. The Morgan fingerprint density at radius 2 is 2.04 bits per heavy atom. The molecular weight excluding hydrogens is 346 g/mol. The zero-order chi connectivity index (χ0) is 19.6. The quantitative estimate of drug-likeness (QED) is 0.489. The van der Waals surface area contributed by atoms with Crippen LogP contribution >= 0.6 is 0 Å². The maximum Gasteiger partial charge on any atom is 0.150 e. The largest absolute Gasteiger partial charge is 0.396 e. The lowest BCUT2D eigenvalue weighted by molar-refractivity contribution is -0.0580. The number of aliphatic hydroxyl groups is 3. The van der Waals surface area contributed by atoms with Gasteiger partial charge < -0.3 is 25.2 Å². The highest BCUT2D eigenvalue weighted by Gasteiger charge is 2.40. The van der Waals surface area contributed by atoms with E-state index in [1.54, 1.807) is 12.7 Å². The molecule has 1 fully saturated rings. The van der Waals surface area contributed by atoms with Crippen molar-refractivity contribution in [3.05, 3.63) is 12.0 Å². The minimum Gasteiger partial charge on any atom is -0.396 e. The van der Waals surface area contributed by atoms with E-state index in [-0.39, 0.29) is 24.7 Å². The minimum absolute atomic E-state index is 0.104. The summed E-state index contributed by atoms with van der Waals surface area (Å²) in [6.45, 7) is 7.82. The normalized spacial score (nSPS) is 23.6. The SMILES string of the molecule is CCCN(CC)C1N=CNc2c1ncn2C(C)C(O)C(O)C(CO)C1CC1. The smallest absolute Gasteiger partial charge is 0.150 e. The van der Waals surface area contributed by atoms with Gasteiger partial charge in [-0.1, -0.05) is 13.8 Å². The van der Waals surface area contributed by atoms with E-state index < -0.39 is 12.2 Å². The summed E-state index contributed by atoms with van der Waals surface area (Å²) in [5.74, 6) is 0.838. The number of anilines is 1. The second-order valence-electron chi connectivity index (χ2n) is 7.72. The number of hydrogen-bond acceptors (Lipinski definition) is 7.